The SMILES string of the molecule is CCOC(=O)N1CCC(N2C(=O)C(=O)/C(=C(/O)c3ccc(OCC)c(C(C)(C)C)c3)C2c2ccccn2)CC1. The minimum atomic E-state index is -0.852. The predicted octanol–water partition coefficient (Wildman–Crippen LogP) is 4.82. The number of carbonyl (C=O) groups excluding carboxylic acids is 3. The number of ketones is 1. The summed E-state index contributed by atoms with van der Waals surface area (Å²) in [5.41, 5.74) is 1.52. The van der Waals surface area contributed by atoms with Crippen molar-refractivity contribution in [3.8, 4) is 5.75 Å². The molecule has 39 heavy (non-hydrogen) atoms. The topological polar surface area (TPSA) is 109 Å². The lowest BCUT2D eigenvalue weighted by Gasteiger charge is -2.38. The molecule has 0 bridgehead atoms. The van der Waals surface area contributed by atoms with Crippen molar-refractivity contribution in [2.24, 2.45) is 0 Å². The number of amides is 2. The van der Waals surface area contributed by atoms with Crippen molar-refractivity contribution in [2.45, 2.75) is 65.0 Å². The molecule has 1 atom stereocenters. The van der Waals surface area contributed by atoms with Crippen molar-refractivity contribution < 1.29 is 29.0 Å². The first kappa shape index (κ1) is 28.1. The Labute approximate surface area is 229 Å². The zero-order chi connectivity index (χ0) is 28.3. The molecule has 3 heterocycles. The van der Waals surface area contributed by atoms with Gasteiger partial charge in [0, 0.05) is 36.5 Å². The summed E-state index contributed by atoms with van der Waals surface area (Å²) in [5.74, 6) is -0.966. The van der Waals surface area contributed by atoms with Crippen LogP contribution in [0.5, 0.6) is 5.75 Å². The first-order valence-electron chi connectivity index (χ1n) is 13.5. The van der Waals surface area contributed by atoms with Gasteiger partial charge in [0.05, 0.1) is 24.5 Å². The molecule has 2 aliphatic heterocycles. The van der Waals surface area contributed by atoms with E-state index in [1.165, 1.54) is 4.90 Å². The molecule has 2 amide bonds. The Morgan fingerprint density at radius 3 is 2.38 bits per heavy atom. The molecule has 1 unspecified atom stereocenters. The summed E-state index contributed by atoms with van der Waals surface area (Å²) in [7, 11) is 0. The molecule has 2 aliphatic rings. The molecule has 0 radical (unpaired) electrons. The minimum Gasteiger partial charge on any atom is -0.507 e. The molecular formula is C30H37N3O6. The molecular weight excluding hydrogens is 498 g/mol. The van der Waals surface area contributed by atoms with Crippen LogP contribution >= 0.6 is 0 Å². The Balaban J connectivity index is 1.77. The van der Waals surface area contributed by atoms with E-state index >= 15 is 0 Å². The highest BCUT2D eigenvalue weighted by Crippen LogP contribution is 2.42. The normalized spacial score (nSPS) is 19.9. The molecule has 0 saturated carbocycles. The van der Waals surface area contributed by atoms with Gasteiger partial charge < -0.3 is 24.4 Å². The van der Waals surface area contributed by atoms with E-state index in [1.54, 1.807) is 48.4 Å². The molecule has 0 spiro atoms. The number of rotatable bonds is 6. The zero-order valence-electron chi connectivity index (χ0n) is 23.3. The van der Waals surface area contributed by atoms with E-state index in [9.17, 15) is 19.5 Å². The first-order chi connectivity index (χ1) is 18.6. The standard InChI is InChI=1S/C30H37N3O6/c1-6-38-23-12-11-19(18-21(23)30(3,4)5)26(34)24-25(22-10-8-9-15-31-22)33(28(36)27(24)35)20-13-16-32(17-14-20)29(37)39-7-2/h8-12,15,18,20,25,34H,6-7,13-14,16-17H2,1-5H3/b26-24+. The summed E-state index contributed by atoms with van der Waals surface area (Å²) in [6.07, 6.45) is 2.18. The predicted molar refractivity (Wildman–Crippen MR) is 146 cm³/mol. The van der Waals surface area contributed by atoms with Crippen LogP contribution in [0.2, 0.25) is 0 Å². The number of nitrogens with zero attached hydrogens (tertiary/aromatic N) is 3. The fraction of sp³-hybridized carbons (Fsp3) is 0.467. The zero-order valence-corrected chi connectivity index (χ0v) is 23.3. The lowest BCUT2D eigenvalue weighted by atomic mass is 9.84. The van der Waals surface area contributed by atoms with Gasteiger partial charge in [-0.15, -0.1) is 0 Å². The average Bonchev–Trinajstić information content (AvgIpc) is 3.19. The van der Waals surface area contributed by atoms with Gasteiger partial charge in [-0.2, -0.15) is 0 Å². The Bertz CT molecular complexity index is 1260. The van der Waals surface area contributed by atoms with Gasteiger partial charge >= 0.3 is 6.09 Å². The molecule has 9 nitrogen and oxygen atoms in total. The molecule has 9 heteroatoms. The van der Waals surface area contributed by atoms with E-state index in [0.29, 0.717) is 49.5 Å². The summed E-state index contributed by atoms with van der Waals surface area (Å²) in [6.45, 7) is 11.4. The number of aliphatic hydroxyl groups excluding tert-OH is 1. The van der Waals surface area contributed by atoms with Crippen LogP contribution in [0.25, 0.3) is 5.76 Å². The van der Waals surface area contributed by atoms with E-state index in [1.807, 2.05) is 33.8 Å². The molecule has 1 aromatic carbocycles. The second kappa shape index (κ2) is 11.5. The van der Waals surface area contributed by atoms with Gasteiger partial charge in [0.15, 0.2) is 0 Å². The molecule has 4 rings (SSSR count). The number of aromatic nitrogens is 1. The van der Waals surface area contributed by atoms with Gasteiger partial charge in [-0.25, -0.2) is 4.79 Å². The lowest BCUT2D eigenvalue weighted by Crippen LogP contribution is -2.48. The third-order valence-corrected chi connectivity index (χ3v) is 7.19. The van der Waals surface area contributed by atoms with Gasteiger partial charge in [-0.1, -0.05) is 26.8 Å². The molecule has 0 aliphatic carbocycles. The van der Waals surface area contributed by atoms with Crippen LogP contribution in [0.15, 0.2) is 48.2 Å². The maximum absolute atomic E-state index is 13.5. The summed E-state index contributed by atoms with van der Waals surface area (Å²) >= 11 is 0. The van der Waals surface area contributed by atoms with Crippen molar-refractivity contribution >= 4 is 23.5 Å². The number of benzene rings is 1. The number of Topliss-reactive ketones (excluding diaryl/α,β-unsaturated/α-hetero) is 1. The largest absolute Gasteiger partial charge is 0.507 e. The van der Waals surface area contributed by atoms with Crippen molar-refractivity contribution in [3.05, 3.63) is 65.0 Å². The van der Waals surface area contributed by atoms with Gasteiger partial charge in [0.1, 0.15) is 17.6 Å². The Hall–Kier alpha value is -3.88. The Morgan fingerprint density at radius 1 is 1.08 bits per heavy atom. The van der Waals surface area contributed by atoms with Crippen LogP contribution in [0.4, 0.5) is 4.79 Å². The van der Waals surface area contributed by atoms with E-state index in [2.05, 4.69) is 4.98 Å². The second-order valence-corrected chi connectivity index (χ2v) is 10.8. The van der Waals surface area contributed by atoms with Gasteiger partial charge in [-0.05, 0) is 62.4 Å². The molecule has 2 saturated heterocycles. The number of hydrogen-bond acceptors (Lipinski definition) is 7. The monoisotopic (exact) mass is 535 g/mol. The quantitative estimate of drug-likeness (QED) is 0.321. The lowest BCUT2D eigenvalue weighted by molar-refractivity contribution is -0.142. The Kier molecular flexibility index (Phi) is 8.28. The second-order valence-electron chi connectivity index (χ2n) is 10.8. The molecule has 1 aromatic heterocycles. The van der Waals surface area contributed by atoms with Crippen LogP contribution < -0.4 is 4.74 Å². The van der Waals surface area contributed by atoms with E-state index < -0.39 is 17.7 Å². The number of ether oxygens (including phenoxy) is 2. The summed E-state index contributed by atoms with van der Waals surface area (Å²) < 4.78 is 10.9. The highest BCUT2D eigenvalue weighted by atomic mass is 16.6. The summed E-state index contributed by atoms with van der Waals surface area (Å²) in [5, 5.41) is 11.6. The smallest absolute Gasteiger partial charge is 0.409 e. The Morgan fingerprint density at radius 2 is 1.79 bits per heavy atom. The van der Waals surface area contributed by atoms with Crippen LogP contribution in [0.1, 0.15) is 70.3 Å². The molecule has 2 aromatic rings. The van der Waals surface area contributed by atoms with E-state index in [4.69, 9.17) is 9.47 Å². The van der Waals surface area contributed by atoms with E-state index in [0.717, 1.165) is 5.56 Å². The number of aliphatic hydroxyl groups is 1. The minimum absolute atomic E-state index is 0.00976. The maximum Gasteiger partial charge on any atom is 0.409 e. The van der Waals surface area contributed by atoms with E-state index in [-0.39, 0.29) is 35.5 Å². The first-order valence-corrected chi connectivity index (χ1v) is 13.5. The highest BCUT2D eigenvalue weighted by molar-refractivity contribution is 6.46. The number of hydrogen-bond donors (Lipinski definition) is 1. The number of likely N-dealkylation sites (tertiary alicyclic amines) is 2. The molecule has 208 valence electrons. The van der Waals surface area contributed by atoms with Crippen molar-refractivity contribution in [1.82, 2.24) is 14.8 Å². The maximum atomic E-state index is 13.5. The fourth-order valence-corrected chi connectivity index (χ4v) is 5.30. The van der Waals surface area contributed by atoms with Crippen molar-refractivity contribution in [2.75, 3.05) is 26.3 Å². The number of pyridine rings is 1. The number of carbonyl (C=O) groups is 3. The van der Waals surface area contributed by atoms with Gasteiger partial charge in [0.25, 0.3) is 11.7 Å². The highest BCUT2D eigenvalue weighted by Gasteiger charge is 2.50. The number of piperidine rings is 1. The van der Waals surface area contributed by atoms with Crippen LogP contribution in [-0.4, -0.2) is 70.0 Å². The van der Waals surface area contributed by atoms with Crippen LogP contribution in [0, 0.1) is 0 Å². The third kappa shape index (κ3) is 5.62. The fourth-order valence-electron chi connectivity index (χ4n) is 5.30. The molecule has 2 fully saturated rings. The summed E-state index contributed by atoms with van der Waals surface area (Å²) in [6, 6.07) is 9.46. The van der Waals surface area contributed by atoms with Crippen LogP contribution in [0.3, 0.4) is 0 Å². The summed E-state index contributed by atoms with van der Waals surface area (Å²) in [4.78, 5) is 46.8. The average molecular weight is 536 g/mol. The molecule has 1 N–H and O–H groups in total. The van der Waals surface area contributed by atoms with Crippen LogP contribution in [-0.2, 0) is 19.7 Å². The van der Waals surface area contributed by atoms with Crippen molar-refractivity contribution in [1.29, 1.82) is 0 Å². The van der Waals surface area contributed by atoms with Gasteiger partial charge in [0.2, 0.25) is 0 Å². The third-order valence-electron chi connectivity index (χ3n) is 7.19. The van der Waals surface area contributed by atoms with Gasteiger partial charge in [-0.3, -0.25) is 14.6 Å². The van der Waals surface area contributed by atoms with Crippen molar-refractivity contribution in [3.63, 3.8) is 0 Å².